The molecule has 3 amide bonds. The number of urea groups is 1. The lowest BCUT2D eigenvalue weighted by Crippen LogP contribution is -2.43. The van der Waals surface area contributed by atoms with Crippen LogP contribution in [0.5, 0.6) is 0 Å². The van der Waals surface area contributed by atoms with Gasteiger partial charge in [0.05, 0.1) is 24.0 Å². The number of aryl methyl sites for hydroxylation is 1. The first-order valence-corrected chi connectivity index (χ1v) is 11.4. The van der Waals surface area contributed by atoms with E-state index in [4.69, 9.17) is 10.8 Å². The number of anilines is 1. The lowest BCUT2D eigenvalue weighted by atomic mass is 9.94. The SMILES string of the molecule is NC(=O)CN1CC(NC(=O)Nc2c3c(nn2-c2ccccc2)CCC3)C(c2ccccc2)C1. The highest BCUT2D eigenvalue weighted by Gasteiger charge is 2.35. The number of likely N-dealkylation sites (tertiary alicyclic amines) is 1. The highest BCUT2D eigenvalue weighted by atomic mass is 16.2. The van der Waals surface area contributed by atoms with Crippen molar-refractivity contribution in [1.82, 2.24) is 20.0 Å². The van der Waals surface area contributed by atoms with Crippen LogP contribution in [0, 0.1) is 0 Å². The fourth-order valence-electron chi connectivity index (χ4n) is 5.01. The molecule has 0 spiro atoms. The van der Waals surface area contributed by atoms with Crippen LogP contribution in [0.3, 0.4) is 0 Å². The number of amides is 3. The summed E-state index contributed by atoms with van der Waals surface area (Å²) in [6.45, 7) is 1.40. The number of rotatable bonds is 6. The Morgan fingerprint density at radius 1 is 1.00 bits per heavy atom. The number of nitrogens with one attached hydrogen (secondary N) is 2. The fourth-order valence-corrected chi connectivity index (χ4v) is 5.01. The van der Waals surface area contributed by atoms with E-state index in [2.05, 4.69) is 22.8 Å². The van der Waals surface area contributed by atoms with Crippen molar-refractivity contribution in [2.75, 3.05) is 25.0 Å². The number of benzene rings is 2. The van der Waals surface area contributed by atoms with Crippen LogP contribution in [-0.4, -0.2) is 52.3 Å². The van der Waals surface area contributed by atoms with Gasteiger partial charge in [0.25, 0.3) is 0 Å². The average molecular weight is 445 g/mol. The summed E-state index contributed by atoms with van der Waals surface area (Å²) in [7, 11) is 0. The van der Waals surface area contributed by atoms with E-state index in [1.807, 2.05) is 58.1 Å². The summed E-state index contributed by atoms with van der Waals surface area (Å²) >= 11 is 0. The highest BCUT2D eigenvalue weighted by Crippen LogP contribution is 2.31. The molecule has 0 saturated carbocycles. The maximum Gasteiger partial charge on any atom is 0.320 e. The number of hydrogen-bond donors (Lipinski definition) is 3. The molecule has 2 atom stereocenters. The summed E-state index contributed by atoms with van der Waals surface area (Å²) in [5.41, 5.74) is 9.62. The van der Waals surface area contributed by atoms with Crippen molar-refractivity contribution in [2.45, 2.75) is 31.2 Å². The summed E-state index contributed by atoms with van der Waals surface area (Å²) in [6, 6.07) is 19.5. The Balaban J connectivity index is 1.37. The van der Waals surface area contributed by atoms with Gasteiger partial charge in [0.15, 0.2) is 0 Å². The van der Waals surface area contributed by atoms with Gasteiger partial charge in [0.2, 0.25) is 5.91 Å². The second-order valence-corrected chi connectivity index (χ2v) is 8.76. The lowest BCUT2D eigenvalue weighted by molar-refractivity contribution is -0.118. The molecule has 8 heteroatoms. The number of aromatic nitrogens is 2. The maximum absolute atomic E-state index is 13.2. The van der Waals surface area contributed by atoms with Crippen molar-refractivity contribution < 1.29 is 9.59 Å². The summed E-state index contributed by atoms with van der Waals surface area (Å²) in [5.74, 6) is 0.435. The lowest BCUT2D eigenvalue weighted by Gasteiger charge is -2.21. The molecule has 8 nitrogen and oxygen atoms in total. The van der Waals surface area contributed by atoms with E-state index in [1.54, 1.807) is 0 Å². The van der Waals surface area contributed by atoms with Gasteiger partial charge in [-0.05, 0) is 37.0 Å². The van der Waals surface area contributed by atoms with Crippen molar-refractivity contribution in [1.29, 1.82) is 0 Å². The zero-order valence-corrected chi connectivity index (χ0v) is 18.4. The largest absolute Gasteiger partial charge is 0.369 e. The Morgan fingerprint density at radius 3 is 2.45 bits per heavy atom. The zero-order chi connectivity index (χ0) is 22.8. The number of nitrogens with two attached hydrogens (primary N) is 1. The summed E-state index contributed by atoms with van der Waals surface area (Å²) < 4.78 is 1.83. The molecule has 170 valence electrons. The number of para-hydroxylation sites is 1. The topological polar surface area (TPSA) is 105 Å². The number of carbonyl (C=O) groups is 2. The van der Waals surface area contributed by atoms with Crippen LogP contribution in [-0.2, 0) is 17.6 Å². The van der Waals surface area contributed by atoms with Gasteiger partial charge >= 0.3 is 6.03 Å². The molecule has 2 aliphatic rings. The summed E-state index contributed by atoms with van der Waals surface area (Å²) in [4.78, 5) is 26.7. The van der Waals surface area contributed by atoms with Gasteiger partial charge in [0.1, 0.15) is 5.82 Å². The second kappa shape index (κ2) is 9.07. The number of primary amides is 1. The molecule has 1 aromatic heterocycles. The Morgan fingerprint density at radius 2 is 1.73 bits per heavy atom. The van der Waals surface area contributed by atoms with E-state index in [0.717, 1.165) is 47.6 Å². The second-order valence-electron chi connectivity index (χ2n) is 8.76. The van der Waals surface area contributed by atoms with Crippen LogP contribution in [0.25, 0.3) is 5.69 Å². The molecule has 1 fully saturated rings. The van der Waals surface area contributed by atoms with E-state index in [9.17, 15) is 9.59 Å². The molecule has 4 N–H and O–H groups in total. The molecule has 3 aromatic rings. The molecule has 1 aliphatic carbocycles. The minimum Gasteiger partial charge on any atom is -0.369 e. The predicted octanol–water partition coefficient (Wildman–Crippen LogP) is 2.44. The standard InChI is InChI=1S/C25H28N6O2/c26-23(32)16-30-14-20(17-8-3-1-4-9-17)22(15-30)27-25(33)28-24-19-12-7-13-21(19)29-31(24)18-10-5-2-6-11-18/h1-6,8-11,20,22H,7,12-16H2,(H2,26,32)(H2,27,28,33). The highest BCUT2D eigenvalue weighted by molar-refractivity contribution is 5.90. The van der Waals surface area contributed by atoms with E-state index in [1.165, 1.54) is 0 Å². The Kier molecular flexibility index (Phi) is 5.83. The Labute approximate surface area is 192 Å². The molecule has 33 heavy (non-hydrogen) atoms. The molecule has 5 rings (SSSR count). The molecular weight excluding hydrogens is 416 g/mol. The monoisotopic (exact) mass is 444 g/mol. The van der Waals surface area contributed by atoms with Crippen molar-refractivity contribution in [3.05, 3.63) is 77.5 Å². The first-order valence-electron chi connectivity index (χ1n) is 11.4. The minimum absolute atomic E-state index is 0.0704. The van der Waals surface area contributed by atoms with E-state index in [-0.39, 0.29) is 30.4 Å². The Hall–Kier alpha value is -3.65. The molecule has 1 saturated heterocycles. The normalized spacial score (nSPS) is 19.9. The van der Waals surface area contributed by atoms with Gasteiger partial charge in [-0.3, -0.25) is 15.0 Å². The number of fused-ring (bicyclic) bond motifs is 1. The van der Waals surface area contributed by atoms with Gasteiger partial charge in [-0.2, -0.15) is 5.10 Å². The zero-order valence-electron chi connectivity index (χ0n) is 18.4. The molecule has 2 aromatic carbocycles. The fraction of sp³-hybridized carbons (Fsp3) is 0.320. The van der Waals surface area contributed by atoms with Crippen LogP contribution < -0.4 is 16.4 Å². The first-order chi connectivity index (χ1) is 16.1. The molecule has 0 bridgehead atoms. The van der Waals surface area contributed by atoms with Crippen LogP contribution >= 0.6 is 0 Å². The molecule has 2 heterocycles. The van der Waals surface area contributed by atoms with Crippen LogP contribution in [0.2, 0.25) is 0 Å². The van der Waals surface area contributed by atoms with Gasteiger partial charge < -0.3 is 11.1 Å². The van der Waals surface area contributed by atoms with Crippen LogP contribution in [0.4, 0.5) is 10.6 Å². The predicted molar refractivity (Wildman–Crippen MR) is 126 cm³/mol. The van der Waals surface area contributed by atoms with E-state index in [0.29, 0.717) is 13.1 Å². The van der Waals surface area contributed by atoms with Gasteiger partial charge in [-0.25, -0.2) is 9.48 Å². The first kappa shape index (κ1) is 21.2. The number of carbonyl (C=O) groups excluding carboxylic acids is 2. The van der Waals surface area contributed by atoms with Crippen molar-refractivity contribution in [3.8, 4) is 5.69 Å². The molecule has 1 aliphatic heterocycles. The maximum atomic E-state index is 13.2. The van der Waals surface area contributed by atoms with Crippen LogP contribution in [0.15, 0.2) is 60.7 Å². The van der Waals surface area contributed by atoms with Gasteiger partial charge in [0, 0.05) is 24.6 Å². The third-order valence-corrected chi connectivity index (χ3v) is 6.46. The van der Waals surface area contributed by atoms with E-state index < -0.39 is 0 Å². The molecule has 0 radical (unpaired) electrons. The number of hydrogen-bond acceptors (Lipinski definition) is 4. The van der Waals surface area contributed by atoms with Crippen LogP contribution in [0.1, 0.15) is 29.2 Å². The van der Waals surface area contributed by atoms with Gasteiger partial charge in [-0.15, -0.1) is 0 Å². The quantitative estimate of drug-likeness (QED) is 0.543. The Bertz CT molecular complexity index is 1140. The van der Waals surface area contributed by atoms with Crippen molar-refractivity contribution in [2.24, 2.45) is 5.73 Å². The third-order valence-electron chi connectivity index (χ3n) is 6.46. The minimum atomic E-state index is -0.366. The smallest absolute Gasteiger partial charge is 0.320 e. The molecule has 2 unspecified atom stereocenters. The summed E-state index contributed by atoms with van der Waals surface area (Å²) in [6.07, 6.45) is 2.87. The molecular formula is C25H28N6O2. The average Bonchev–Trinajstić information content (AvgIpc) is 3.51. The van der Waals surface area contributed by atoms with Gasteiger partial charge in [-0.1, -0.05) is 48.5 Å². The van der Waals surface area contributed by atoms with Crippen molar-refractivity contribution >= 4 is 17.8 Å². The van der Waals surface area contributed by atoms with Crippen molar-refractivity contribution in [3.63, 3.8) is 0 Å². The third kappa shape index (κ3) is 4.47. The number of nitrogens with zero attached hydrogens (tertiary/aromatic N) is 3. The summed E-state index contributed by atoms with van der Waals surface area (Å²) in [5, 5.41) is 11.0. The van der Waals surface area contributed by atoms with E-state index >= 15 is 0 Å².